The highest BCUT2D eigenvalue weighted by molar-refractivity contribution is 5.80. The summed E-state index contributed by atoms with van der Waals surface area (Å²) in [5, 5.41) is 14.7. The minimum absolute atomic E-state index is 0.0578. The maximum Gasteiger partial charge on any atom is 0.269 e. The van der Waals surface area contributed by atoms with Gasteiger partial charge in [0, 0.05) is 12.1 Å². The Morgan fingerprint density at radius 2 is 1.75 bits per heavy atom. The van der Waals surface area contributed by atoms with Gasteiger partial charge in [0.15, 0.2) is 0 Å². The molecule has 0 aliphatic heterocycles. The van der Waals surface area contributed by atoms with Gasteiger partial charge in [-0.05, 0) is 67.6 Å². The summed E-state index contributed by atoms with van der Waals surface area (Å²) in [6.45, 7) is 0. The first-order valence-electron chi connectivity index (χ1n) is 8.01. The van der Waals surface area contributed by atoms with Crippen LogP contribution in [0.5, 0.6) is 5.75 Å². The molecule has 6 nitrogen and oxygen atoms in total. The van der Waals surface area contributed by atoms with Crippen molar-refractivity contribution in [3.8, 4) is 5.75 Å². The van der Waals surface area contributed by atoms with Gasteiger partial charge in [0.2, 0.25) is 0 Å². The Kier molecular flexibility index (Phi) is 5.05. The summed E-state index contributed by atoms with van der Waals surface area (Å²) in [5.74, 6) is 0.891. The topological polar surface area (TPSA) is 76.8 Å². The second-order valence-electron chi connectivity index (χ2n) is 5.77. The molecule has 0 atom stereocenters. The number of hydrazone groups is 1. The molecule has 0 heterocycles. The van der Waals surface area contributed by atoms with Crippen molar-refractivity contribution < 1.29 is 9.66 Å². The van der Waals surface area contributed by atoms with E-state index in [-0.39, 0.29) is 5.69 Å². The van der Waals surface area contributed by atoms with Crippen molar-refractivity contribution in [2.45, 2.75) is 31.8 Å². The van der Waals surface area contributed by atoms with Crippen LogP contribution in [0.2, 0.25) is 0 Å². The summed E-state index contributed by atoms with van der Waals surface area (Å²) < 4.78 is 5.92. The Morgan fingerprint density at radius 3 is 2.38 bits per heavy atom. The Labute approximate surface area is 140 Å². The lowest BCUT2D eigenvalue weighted by Gasteiger charge is -2.12. The van der Waals surface area contributed by atoms with Gasteiger partial charge in [-0.2, -0.15) is 5.10 Å². The largest absolute Gasteiger partial charge is 0.490 e. The first-order valence-corrected chi connectivity index (χ1v) is 8.01. The van der Waals surface area contributed by atoms with Crippen LogP contribution >= 0.6 is 0 Å². The zero-order valence-electron chi connectivity index (χ0n) is 13.2. The van der Waals surface area contributed by atoms with Gasteiger partial charge in [0.1, 0.15) is 5.75 Å². The van der Waals surface area contributed by atoms with Gasteiger partial charge in [-0.3, -0.25) is 15.5 Å². The first-order chi connectivity index (χ1) is 11.7. The highest BCUT2D eigenvalue weighted by Gasteiger charge is 2.16. The van der Waals surface area contributed by atoms with E-state index in [1.807, 2.05) is 24.3 Å². The summed E-state index contributed by atoms with van der Waals surface area (Å²) in [4.78, 5) is 10.2. The summed E-state index contributed by atoms with van der Waals surface area (Å²) >= 11 is 0. The number of ether oxygens (including phenoxy) is 1. The van der Waals surface area contributed by atoms with Crippen LogP contribution in [0.25, 0.3) is 0 Å². The van der Waals surface area contributed by atoms with Crippen molar-refractivity contribution in [1.82, 2.24) is 0 Å². The molecule has 6 heteroatoms. The van der Waals surface area contributed by atoms with E-state index in [1.54, 1.807) is 18.3 Å². The molecule has 0 spiro atoms. The summed E-state index contributed by atoms with van der Waals surface area (Å²) in [6.07, 6.45) is 6.84. The van der Waals surface area contributed by atoms with Gasteiger partial charge < -0.3 is 4.74 Å². The number of nitrogens with one attached hydrogen (secondary N) is 1. The molecule has 0 aromatic heterocycles. The Morgan fingerprint density at radius 1 is 1.08 bits per heavy atom. The maximum absolute atomic E-state index is 10.6. The first kappa shape index (κ1) is 16.0. The third-order valence-corrected chi connectivity index (χ3v) is 3.97. The summed E-state index contributed by atoms with van der Waals surface area (Å²) in [5.41, 5.74) is 4.55. The van der Waals surface area contributed by atoms with Crippen molar-refractivity contribution in [2.24, 2.45) is 5.10 Å². The molecule has 124 valence electrons. The van der Waals surface area contributed by atoms with Crippen LogP contribution in [0.1, 0.15) is 31.2 Å². The Balaban J connectivity index is 1.53. The van der Waals surface area contributed by atoms with Gasteiger partial charge in [-0.1, -0.05) is 0 Å². The molecule has 2 aromatic carbocycles. The summed E-state index contributed by atoms with van der Waals surface area (Å²) in [7, 11) is 0. The predicted molar refractivity (Wildman–Crippen MR) is 93.6 cm³/mol. The Bertz CT molecular complexity index is 705. The number of anilines is 1. The zero-order chi connectivity index (χ0) is 16.8. The quantitative estimate of drug-likeness (QED) is 0.486. The molecule has 1 aliphatic carbocycles. The van der Waals surface area contributed by atoms with E-state index in [9.17, 15) is 10.1 Å². The smallest absolute Gasteiger partial charge is 0.269 e. The molecule has 0 radical (unpaired) electrons. The van der Waals surface area contributed by atoms with Crippen LogP contribution in [0.15, 0.2) is 53.6 Å². The van der Waals surface area contributed by atoms with Crippen LogP contribution < -0.4 is 10.2 Å². The van der Waals surface area contributed by atoms with Crippen LogP contribution in [-0.4, -0.2) is 17.2 Å². The summed E-state index contributed by atoms with van der Waals surface area (Å²) in [6, 6.07) is 13.9. The van der Waals surface area contributed by atoms with Crippen molar-refractivity contribution in [3.05, 3.63) is 64.2 Å². The number of rotatable bonds is 6. The van der Waals surface area contributed by atoms with Crippen molar-refractivity contribution in [2.75, 3.05) is 5.43 Å². The molecular formula is C18H19N3O3. The molecule has 3 rings (SSSR count). The molecule has 2 aromatic rings. The fraction of sp³-hybridized carbons (Fsp3) is 0.278. The second kappa shape index (κ2) is 7.59. The molecule has 1 fully saturated rings. The monoisotopic (exact) mass is 325 g/mol. The van der Waals surface area contributed by atoms with E-state index >= 15 is 0 Å². The molecule has 1 saturated carbocycles. The Hall–Kier alpha value is -2.89. The van der Waals surface area contributed by atoms with E-state index in [4.69, 9.17) is 4.74 Å². The minimum atomic E-state index is -0.428. The molecule has 24 heavy (non-hydrogen) atoms. The van der Waals surface area contributed by atoms with Gasteiger partial charge in [0.25, 0.3) is 5.69 Å². The molecular weight excluding hydrogens is 306 g/mol. The average Bonchev–Trinajstić information content (AvgIpc) is 3.10. The van der Waals surface area contributed by atoms with Crippen LogP contribution in [0.3, 0.4) is 0 Å². The van der Waals surface area contributed by atoms with E-state index in [0.717, 1.165) is 24.2 Å². The number of non-ortho nitro benzene ring substituents is 1. The van der Waals surface area contributed by atoms with Gasteiger partial charge in [-0.15, -0.1) is 0 Å². The second-order valence-corrected chi connectivity index (χ2v) is 5.77. The lowest BCUT2D eigenvalue weighted by molar-refractivity contribution is -0.384. The fourth-order valence-electron chi connectivity index (χ4n) is 2.67. The van der Waals surface area contributed by atoms with Crippen molar-refractivity contribution in [3.63, 3.8) is 0 Å². The molecule has 1 N–H and O–H groups in total. The van der Waals surface area contributed by atoms with E-state index in [2.05, 4.69) is 10.5 Å². The highest BCUT2D eigenvalue weighted by Crippen LogP contribution is 2.24. The number of nitro groups is 1. The lowest BCUT2D eigenvalue weighted by Crippen LogP contribution is -2.10. The normalized spacial score (nSPS) is 14.8. The predicted octanol–water partition coefficient (Wildman–Crippen LogP) is 4.36. The fourth-order valence-corrected chi connectivity index (χ4v) is 2.67. The molecule has 1 aliphatic rings. The van der Waals surface area contributed by atoms with E-state index in [1.165, 1.54) is 25.0 Å². The molecule has 0 saturated heterocycles. The highest BCUT2D eigenvalue weighted by atomic mass is 16.6. The van der Waals surface area contributed by atoms with E-state index in [0.29, 0.717) is 11.8 Å². The number of nitrogens with zero attached hydrogens (tertiary/aromatic N) is 2. The number of hydrogen-bond acceptors (Lipinski definition) is 5. The number of benzene rings is 2. The van der Waals surface area contributed by atoms with Crippen LogP contribution in [0.4, 0.5) is 11.4 Å². The number of nitro benzene ring substituents is 1. The van der Waals surface area contributed by atoms with Crippen molar-refractivity contribution >= 4 is 17.6 Å². The molecule has 0 unspecified atom stereocenters. The minimum Gasteiger partial charge on any atom is -0.490 e. The van der Waals surface area contributed by atoms with E-state index < -0.39 is 4.92 Å². The number of hydrogen-bond donors (Lipinski definition) is 1. The zero-order valence-corrected chi connectivity index (χ0v) is 13.2. The maximum atomic E-state index is 10.6. The average molecular weight is 325 g/mol. The van der Waals surface area contributed by atoms with Crippen molar-refractivity contribution in [1.29, 1.82) is 0 Å². The van der Waals surface area contributed by atoms with Crippen LogP contribution in [-0.2, 0) is 0 Å². The van der Waals surface area contributed by atoms with Gasteiger partial charge >= 0.3 is 0 Å². The standard InChI is InChI=1S/C18H19N3O3/c22-21(23)16-9-7-15(8-10-16)20-19-13-14-5-11-18(12-6-14)24-17-3-1-2-4-17/h5-13,17,20H,1-4H2. The third-order valence-electron chi connectivity index (χ3n) is 3.97. The third kappa shape index (κ3) is 4.32. The van der Waals surface area contributed by atoms with Crippen LogP contribution in [0, 0.1) is 10.1 Å². The van der Waals surface area contributed by atoms with Gasteiger partial charge in [-0.25, -0.2) is 0 Å². The SMILES string of the molecule is O=[N+]([O-])c1ccc(NN=Cc2ccc(OC3CCCC3)cc2)cc1. The molecule has 0 amide bonds. The lowest BCUT2D eigenvalue weighted by atomic mass is 10.2. The van der Waals surface area contributed by atoms with Gasteiger partial charge in [0.05, 0.1) is 22.9 Å². The molecule has 0 bridgehead atoms.